The number of nitrogens with one attached hydrogen (secondary N) is 1. The number of carbonyl (C=O) groups excluding carboxylic acids is 1. The van der Waals surface area contributed by atoms with Crippen LogP contribution in [0, 0.1) is 6.92 Å². The molecule has 6 nitrogen and oxygen atoms in total. The van der Waals surface area contributed by atoms with Gasteiger partial charge in [0.1, 0.15) is 0 Å². The highest BCUT2D eigenvalue weighted by Gasteiger charge is 2.14. The van der Waals surface area contributed by atoms with E-state index in [1.807, 2.05) is 65.9 Å². The minimum Gasteiger partial charge on any atom is -0.325 e. The first-order valence-corrected chi connectivity index (χ1v) is 9.63. The molecule has 0 atom stereocenters. The van der Waals surface area contributed by atoms with Crippen LogP contribution in [-0.2, 0) is 11.2 Å². The number of hydrogen-bond donors (Lipinski definition) is 1. The SMILES string of the molecule is CCc1nnc(SCC(=O)Nc2ccc(Br)cc2C)n1-n1cccc1. The Morgan fingerprint density at radius 2 is 2.04 bits per heavy atom. The summed E-state index contributed by atoms with van der Waals surface area (Å²) in [7, 11) is 0. The number of benzene rings is 1. The zero-order chi connectivity index (χ0) is 17.8. The van der Waals surface area contributed by atoms with Crippen LogP contribution in [0.15, 0.2) is 52.4 Å². The number of nitrogens with zero attached hydrogens (tertiary/aromatic N) is 4. The number of carbonyl (C=O) groups is 1. The average molecular weight is 420 g/mol. The molecule has 0 saturated heterocycles. The van der Waals surface area contributed by atoms with Crippen LogP contribution < -0.4 is 5.32 Å². The highest BCUT2D eigenvalue weighted by molar-refractivity contribution is 9.10. The third-order valence-electron chi connectivity index (χ3n) is 3.61. The van der Waals surface area contributed by atoms with Gasteiger partial charge >= 0.3 is 0 Å². The lowest BCUT2D eigenvalue weighted by molar-refractivity contribution is -0.113. The predicted molar refractivity (Wildman–Crippen MR) is 103 cm³/mol. The van der Waals surface area contributed by atoms with Crippen molar-refractivity contribution in [2.24, 2.45) is 0 Å². The second kappa shape index (κ2) is 7.88. The minimum absolute atomic E-state index is 0.0736. The summed E-state index contributed by atoms with van der Waals surface area (Å²) in [6.45, 7) is 3.99. The van der Waals surface area contributed by atoms with Crippen molar-refractivity contribution in [3.05, 3.63) is 58.6 Å². The van der Waals surface area contributed by atoms with E-state index < -0.39 is 0 Å². The molecule has 1 aromatic carbocycles. The highest BCUT2D eigenvalue weighted by atomic mass is 79.9. The fourth-order valence-electron chi connectivity index (χ4n) is 2.38. The number of aryl methyl sites for hydroxylation is 2. The highest BCUT2D eigenvalue weighted by Crippen LogP contribution is 2.22. The molecule has 0 unspecified atom stereocenters. The number of aromatic nitrogens is 4. The molecular weight excluding hydrogens is 402 g/mol. The van der Waals surface area contributed by atoms with E-state index in [-0.39, 0.29) is 11.7 Å². The van der Waals surface area contributed by atoms with Gasteiger partial charge in [0.15, 0.2) is 5.82 Å². The Kier molecular flexibility index (Phi) is 5.60. The normalized spacial score (nSPS) is 10.8. The third-order valence-corrected chi connectivity index (χ3v) is 5.02. The lowest BCUT2D eigenvalue weighted by Gasteiger charge is -2.11. The molecule has 2 aromatic heterocycles. The third kappa shape index (κ3) is 4.13. The van der Waals surface area contributed by atoms with Crippen LogP contribution in [0.1, 0.15) is 18.3 Å². The molecule has 3 rings (SSSR count). The molecule has 3 aromatic rings. The Labute approximate surface area is 158 Å². The number of halogens is 1. The van der Waals surface area contributed by atoms with Crippen molar-refractivity contribution >= 4 is 39.3 Å². The van der Waals surface area contributed by atoms with E-state index in [1.165, 1.54) is 11.8 Å². The van der Waals surface area contributed by atoms with Gasteiger partial charge in [-0.3, -0.25) is 9.47 Å². The van der Waals surface area contributed by atoms with Gasteiger partial charge in [-0.15, -0.1) is 10.2 Å². The number of amides is 1. The summed E-state index contributed by atoms with van der Waals surface area (Å²) in [6, 6.07) is 9.65. The molecule has 1 N–H and O–H groups in total. The summed E-state index contributed by atoms with van der Waals surface area (Å²) in [5, 5.41) is 12.1. The summed E-state index contributed by atoms with van der Waals surface area (Å²) in [5.74, 6) is 1.04. The smallest absolute Gasteiger partial charge is 0.234 e. The van der Waals surface area contributed by atoms with Crippen molar-refractivity contribution in [1.29, 1.82) is 0 Å². The molecule has 2 heterocycles. The second-order valence-corrected chi connectivity index (χ2v) is 7.28. The molecule has 0 aliphatic heterocycles. The van der Waals surface area contributed by atoms with E-state index in [0.29, 0.717) is 5.16 Å². The number of anilines is 1. The summed E-state index contributed by atoms with van der Waals surface area (Å²) < 4.78 is 4.82. The lowest BCUT2D eigenvalue weighted by atomic mass is 10.2. The number of rotatable bonds is 6. The van der Waals surface area contributed by atoms with Gasteiger partial charge in [-0.05, 0) is 42.8 Å². The predicted octanol–water partition coefficient (Wildman–Crippen LogP) is 3.76. The number of thioether (sulfide) groups is 1. The fraction of sp³-hybridized carbons (Fsp3) is 0.235. The Balaban J connectivity index is 1.69. The molecule has 0 saturated carbocycles. The van der Waals surface area contributed by atoms with Crippen LogP contribution in [0.25, 0.3) is 0 Å². The minimum atomic E-state index is -0.0736. The Morgan fingerprint density at radius 1 is 1.28 bits per heavy atom. The van der Waals surface area contributed by atoms with Crippen molar-refractivity contribution in [3.63, 3.8) is 0 Å². The van der Waals surface area contributed by atoms with Crippen molar-refractivity contribution < 1.29 is 4.79 Å². The van der Waals surface area contributed by atoms with Gasteiger partial charge in [-0.25, -0.2) is 4.68 Å². The molecule has 0 aliphatic rings. The second-order valence-electron chi connectivity index (χ2n) is 5.42. The van der Waals surface area contributed by atoms with E-state index in [2.05, 4.69) is 31.4 Å². The Bertz CT molecular complexity index is 875. The molecule has 0 radical (unpaired) electrons. The average Bonchev–Trinajstić information content (AvgIpc) is 3.24. The molecule has 0 bridgehead atoms. The van der Waals surface area contributed by atoms with Gasteiger partial charge in [0.25, 0.3) is 0 Å². The first-order chi connectivity index (χ1) is 12.1. The van der Waals surface area contributed by atoms with E-state index in [1.54, 1.807) is 0 Å². The topological polar surface area (TPSA) is 64.7 Å². The van der Waals surface area contributed by atoms with Crippen molar-refractivity contribution in [2.45, 2.75) is 25.4 Å². The van der Waals surface area contributed by atoms with E-state index in [9.17, 15) is 4.79 Å². The molecule has 0 aliphatic carbocycles. The maximum absolute atomic E-state index is 12.3. The standard InChI is InChI=1S/C17H18BrN5OS/c1-3-15-20-21-17(23(15)22-8-4-5-9-22)25-11-16(24)19-14-7-6-13(18)10-12(14)2/h4-10H,3,11H2,1-2H3,(H,19,24). The van der Waals surface area contributed by atoms with Crippen molar-refractivity contribution in [1.82, 2.24) is 19.5 Å². The van der Waals surface area contributed by atoms with Gasteiger partial charge in [0.2, 0.25) is 11.1 Å². The number of hydrogen-bond acceptors (Lipinski definition) is 4. The Morgan fingerprint density at radius 3 is 2.72 bits per heavy atom. The summed E-state index contributed by atoms with van der Waals surface area (Å²) in [4.78, 5) is 12.3. The summed E-state index contributed by atoms with van der Waals surface area (Å²) in [6.07, 6.45) is 4.62. The zero-order valence-electron chi connectivity index (χ0n) is 13.9. The first-order valence-electron chi connectivity index (χ1n) is 7.85. The molecule has 0 fully saturated rings. The lowest BCUT2D eigenvalue weighted by Crippen LogP contribution is -2.16. The first kappa shape index (κ1) is 17.8. The van der Waals surface area contributed by atoms with Gasteiger partial charge in [-0.1, -0.05) is 34.6 Å². The van der Waals surface area contributed by atoms with E-state index >= 15 is 0 Å². The zero-order valence-corrected chi connectivity index (χ0v) is 16.3. The maximum Gasteiger partial charge on any atom is 0.234 e. The van der Waals surface area contributed by atoms with Gasteiger partial charge in [0, 0.05) is 29.0 Å². The largest absolute Gasteiger partial charge is 0.325 e. The molecular formula is C17H18BrN5OS. The molecule has 0 spiro atoms. The monoisotopic (exact) mass is 419 g/mol. The van der Waals surface area contributed by atoms with Crippen LogP contribution in [0.4, 0.5) is 5.69 Å². The van der Waals surface area contributed by atoms with Gasteiger partial charge in [-0.2, -0.15) is 0 Å². The van der Waals surface area contributed by atoms with Crippen LogP contribution >= 0.6 is 27.7 Å². The van der Waals surface area contributed by atoms with E-state index in [4.69, 9.17) is 0 Å². The van der Waals surface area contributed by atoms with Crippen molar-refractivity contribution in [3.8, 4) is 0 Å². The van der Waals surface area contributed by atoms with Gasteiger partial charge in [0.05, 0.1) is 5.75 Å². The van der Waals surface area contributed by atoms with Gasteiger partial charge < -0.3 is 5.32 Å². The molecule has 1 amide bonds. The quantitative estimate of drug-likeness (QED) is 0.617. The molecule has 130 valence electrons. The van der Waals surface area contributed by atoms with Crippen LogP contribution in [0.5, 0.6) is 0 Å². The fourth-order valence-corrected chi connectivity index (χ4v) is 3.61. The van der Waals surface area contributed by atoms with Crippen LogP contribution in [0.2, 0.25) is 0 Å². The molecule has 8 heteroatoms. The van der Waals surface area contributed by atoms with Crippen LogP contribution in [-0.4, -0.2) is 31.2 Å². The summed E-state index contributed by atoms with van der Waals surface area (Å²) in [5.41, 5.74) is 1.83. The molecule has 25 heavy (non-hydrogen) atoms. The summed E-state index contributed by atoms with van der Waals surface area (Å²) >= 11 is 4.79. The maximum atomic E-state index is 12.3. The van der Waals surface area contributed by atoms with E-state index in [0.717, 1.165) is 28.0 Å². The van der Waals surface area contributed by atoms with Crippen molar-refractivity contribution in [2.75, 3.05) is 11.1 Å². The van der Waals surface area contributed by atoms with Crippen LogP contribution in [0.3, 0.4) is 0 Å². The Hall–Kier alpha value is -2.06.